The van der Waals surface area contributed by atoms with Crippen LogP contribution in [0.5, 0.6) is 11.5 Å². The van der Waals surface area contributed by atoms with Gasteiger partial charge in [0.05, 0.1) is 20.8 Å². The first kappa shape index (κ1) is 17.0. The van der Waals surface area contributed by atoms with E-state index >= 15 is 0 Å². The SMILES string of the molecule is CCCCOc1ccc(/C=C/C(=O)N(C)OC)cc1OC. The Morgan fingerprint density at radius 3 is 2.67 bits per heavy atom. The second-order valence-corrected chi connectivity index (χ2v) is 4.46. The molecule has 5 heteroatoms. The van der Waals surface area contributed by atoms with Crippen LogP contribution in [-0.2, 0) is 9.63 Å². The average Bonchev–Trinajstić information content (AvgIpc) is 2.52. The number of carbonyl (C=O) groups is 1. The molecule has 1 amide bonds. The van der Waals surface area contributed by atoms with Crippen LogP contribution in [0, 0.1) is 0 Å². The van der Waals surface area contributed by atoms with Crippen LogP contribution in [0.25, 0.3) is 6.08 Å². The lowest BCUT2D eigenvalue weighted by Crippen LogP contribution is -2.22. The molecule has 0 aromatic heterocycles. The highest BCUT2D eigenvalue weighted by molar-refractivity contribution is 5.90. The van der Waals surface area contributed by atoms with E-state index in [1.165, 1.54) is 13.2 Å². The van der Waals surface area contributed by atoms with Gasteiger partial charge in [0.15, 0.2) is 11.5 Å². The molecule has 0 aliphatic carbocycles. The third kappa shape index (κ3) is 5.47. The first-order chi connectivity index (χ1) is 10.1. The Morgan fingerprint density at radius 1 is 1.29 bits per heavy atom. The molecule has 21 heavy (non-hydrogen) atoms. The molecule has 0 radical (unpaired) electrons. The van der Waals surface area contributed by atoms with Crippen molar-refractivity contribution in [2.75, 3.05) is 27.9 Å². The molecule has 0 N–H and O–H groups in total. The zero-order chi connectivity index (χ0) is 15.7. The van der Waals surface area contributed by atoms with Crippen LogP contribution < -0.4 is 9.47 Å². The summed E-state index contributed by atoms with van der Waals surface area (Å²) in [5.41, 5.74) is 0.854. The molecule has 0 aliphatic heterocycles. The number of nitrogens with zero attached hydrogens (tertiary/aromatic N) is 1. The quantitative estimate of drug-likeness (QED) is 0.420. The fourth-order valence-electron chi connectivity index (χ4n) is 1.60. The summed E-state index contributed by atoms with van der Waals surface area (Å²) >= 11 is 0. The van der Waals surface area contributed by atoms with Crippen LogP contribution >= 0.6 is 0 Å². The zero-order valence-corrected chi connectivity index (χ0v) is 13.1. The van der Waals surface area contributed by atoms with Crippen molar-refractivity contribution in [2.45, 2.75) is 19.8 Å². The van der Waals surface area contributed by atoms with E-state index in [1.54, 1.807) is 20.2 Å². The van der Waals surface area contributed by atoms with Crippen LogP contribution in [0.2, 0.25) is 0 Å². The third-order valence-electron chi connectivity index (χ3n) is 2.95. The van der Waals surface area contributed by atoms with Gasteiger partial charge in [-0.2, -0.15) is 0 Å². The van der Waals surface area contributed by atoms with Gasteiger partial charge in [-0.15, -0.1) is 0 Å². The van der Waals surface area contributed by atoms with Gasteiger partial charge in [-0.05, 0) is 30.2 Å². The standard InChI is InChI=1S/C16H23NO4/c1-5-6-11-21-14-9-7-13(12-15(14)19-3)8-10-16(18)17(2)20-4/h7-10,12H,5-6,11H2,1-4H3/b10-8+. The van der Waals surface area contributed by atoms with Gasteiger partial charge >= 0.3 is 0 Å². The number of benzene rings is 1. The number of likely N-dealkylation sites (N-methyl/N-ethyl adjacent to an activating group) is 1. The van der Waals surface area contributed by atoms with Gasteiger partial charge in [-0.1, -0.05) is 19.4 Å². The maximum absolute atomic E-state index is 11.6. The minimum Gasteiger partial charge on any atom is -0.493 e. The summed E-state index contributed by atoms with van der Waals surface area (Å²) < 4.78 is 11.0. The minimum absolute atomic E-state index is 0.236. The lowest BCUT2D eigenvalue weighted by atomic mass is 10.2. The fourth-order valence-corrected chi connectivity index (χ4v) is 1.60. The highest BCUT2D eigenvalue weighted by Crippen LogP contribution is 2.28. The number of hydrogen-bond donors (Lipinski definition) is 0. The highest BCUT2D eigenvalue weighted by atomic mass is 16.7. The van der Waals surface area contributed by atoms with Crippen LogP contribution in [0.1, 0.15) is 25.3 Å². The van der Waals surface area contributed by atoms with Crippen molar-refractivity contribution in [3.05, 3.63) is 29.8 Å². The Balaban J connectivity index is 2.77. The molecule has 1 aromatic rings. The molecule has 0 unspecified atom stereocenters. The summed E-state index contributed by atoms with van der Waals surface area (Å²) in [4.78, 5) is 16.4. The Bertz CT molecular complexity index is 485. The van der Waals surface area contributed by atoms with Gasteiger partial charge in [-0.3, -0.25) is 9.63 Å². The number of carbonyl (C=O) groups excluding carboxylic acids is 1. The monoisotopic (exact) mass is 293 g/mol. The maximum Gasteiger partial charge on any atom is 0.269 e. The van der Waals surface area contributed by atoms with E-state index in [-0.39, 0.29) is 5.91 Å². The van der Waals surface area contributed by atoms with E-state index in [0.717, 1.165) is 23.5 Å². The number of unbranched alkanes of at least 4 members (excludes halogenated alkanes) is 1. The van der Waals surface area contributed by atoms with Gasteiger partial charge in [0.1, 0.15) is 0 Å². The van der Waals surface area contributed by atoms with Gasteiger partial charge in [0.2, 0.25) is 0 Å². The van der Waals surface area contributed by atoms with E-state index < -0.39 is 0 Å². The van der Waals surface area contributed by atoms with Crippen molar-refractivity contribution in [3.8, 4) is 11.5 Å². The number of hydroxylamine groups is 2. The average molecular weight is 293 g/mol. The lowest BCUT2D eigenvalue weighted by molar-refractivity contribution is -0.162. The first-order valence-corrected chi connectivity index (χ1v) is 6.93. The van der Waals surface area contributed by atoms with Crippen molar-refractivity contribution < 1.29 is 19.1 Å². The molecule has 5 nitrogen and oxygen atoms in total. The highest BCUT2D eigenvalue weighted by Gasteiger charge is 2.06. The van der Waals surface area contributed by atoms with E-state index in [0.29, 0.717) is 18.1 Å². The molecule has 0 spiro atoms. The molecular weight excluding hydrogens is 270 g/mol. The van der Waals surface area contributed by atoms with Crippen molar-refractivity contribution >= 4 is 12.0 Å². The van der Waals surface area contributed by atoms with Crippen molar-refractivity contribution in [1.29, 1.82) is 0 Å². The molecule has 0 heterocycles. The summed E-state index contributed by atoms with van der Waals surface area (Å²) in [7, 11) is 4.59. The molecule has 1 rings (SSSR count). The Kier molecular flexibility index (Phi) is 7.32. The van der Waals surface area contributed by atoms with E-state index in [1.807, 2.05) is 18.2 Å². The number of hydrogen-bond acceptors (Lipinski definition) is 4. The summed E-state index contributed by atoms with van der Waals surface area (Å²) in [6, 6.07) is 5.55. The maximum atomic E-state index is 11.6. The molecule has 1 aromatic carbocycles. The van der Waals surface area contributed by atoms with Crippen LogP contribution in [-0.4, -0.2) is 38.8 Å². The van der Waals surface area contributed by atoms with Gasteiger partial charge in [0.25, 0.3) is 5.91 Å². The predicted octanol–water partition coefficient (Wildman–Crippen LogP) is 2.91. The van der Waals surface area contributed by atoms with Gasteiger partial charge in [0, 0.05) is 13.1 Å². The summed E-state index contributed by atoms with van der Waals surface area (Å²) in [6.45, 7) is 2.78. The lowest BCUT2D eigenvalue weighted by Gasteiger charge is -2.11. The summed E-state index contributed by atoms with van der Waals surface area (Å²) in [5, 5.41) is 1.15. The largest absolute Gasteiger partial charge is 0.493 e. The summed E-state index contributed by atoms with van der Waals surface area (Å²) in [5.74, 6) is 1.13. The van der Waals surface area contributed by atoms with E-state index in [9.17, 15) is 4.79 Å². The molecule has 0 bridgehead atoms. The Labute approximate surface area is 126 Å². The zero-order valence-electron chi connectivity index (χ0n) is 13.1. The molecule has 0 atom stereocenters. The summed E-state index contributed by atoms with van der Waals surface area (Å²) in [6.07, 6.45) is 5.23. The second kappa shape index (κ2) is 9.02. The first-order valence-electron chi connectivity index (χ1n) is 6.93. The van der Waals surface area contributed by atoms with Crippen LogP contribution in [0.15, 0.2) is 24.3 Å². The fraction of sp³-hybridized carbons (Fsp3) is 0.438. The molecular formula is C16H23NO4. The van der Waals surface area contributed by atoms with E-state index in [2.05, 4.69) is 6.92 Å². The van der Waals surface area contributed by atoms with Crippen molar-refractivity contribution in [3.63, 3.8) is 0 Å². The van der Waals surface area contributed by atoms with Gasteiger partial charge in [-0.25, -0.2) is 5.06 Å². The van der Waals surface area contributed by atoms with Crippen LogP contribution in [0.4, 0.5) is 0 Å². The number of methoxy groups -OCH3 is 1. The van der Waals surface area contributed by atoms with Gasteiger partial charge < -0.3 is 9.47 Å². The Morgan fingerprint density at radius 2 is 2.05 bits per heavy atom. The number of rotatable bonds is 8. The van der Waals surface area contributed by atoms with Crippen molar-refractivity contribution in [1.82, 2.24) is 5.06 Å². The normalized spacial score (nSPS) is 10.7. The minimum atomic E-state index is -0.236. The van der Waals surface area contributed by atoms with E-state index in [4.69, 9.17) is 14.3 Å². The molecule has 0 fully saturated rings. The molecule has 116 valence electrons. The second-order valence-electron chi connectivity index (χ2n) is 4.46. The number of ether oxygens (including phenoxy) is 2. The third-order valence-corrected chi connectivity index (χ3v) is 2.95. The number of amides is 1. The molecule has 0 aliphatic rings. The smallest absolute Gasteiger partial charge is 0.269 e. The topological polar surface area (TPSA) is 48.0 Å². The van der Waals surface area contributed by atoms with Crippen molar-refractivity contribution in [2.24, 2.45) is 0 Å². The molecule has 0 saturated carbocycles. The predicted molar refractivity (Wildman–Crippen MR) is 82.2 cm³/mol. The van der Waals surface area contributed by atoms with Crippen LogP contribution in [0.3, 0.4) is 0 Å². The molecule has 0 saturated heterocycles. The Hall–Kier alpha value is -2.01.